The quantitative estimate of drug-likeness (QED) is 0.588. The van der Waals surface area contributed by atoms with Crippen LogP contribution >= 0.6 is 0 Å². The molecule has 0 spiro atoms. The second kappa shape index (κ2) is 11.0. The van der Waals surface area contributed by atoms with E-state index in [1.807, 2.05) is 18.2 Å². The van der Waals surface area contributed by atoms with E-state index in [2.05, 4.69) is 68.2 Å². The molecule has 0 bridgehead atoms. The van der Waals surface area contributed by atoms with Crippen molar-refractivity contribution in [1.82, 2.24) is 5.32 Å². The summed E-state index contributed by atoms with van der Waals surface area (Å²) in [6, 6.07) is 16.6. The predicted molar refractivity (Wildman–Crippen MR) is 114 cm³/mol. The van der Waals surface area contributed by atoms with Crippen molar-refractivity contribution in [2.45, 2.75) is 39.7 Å². The van der Waals surface area contributed by atoms with Crippen LogP contribution in [0.15, 0.2) is 48.5 Å². The highest BCUT2D eigenvalue weighted by Gasteiger charge is 2.10. The molecule has 0 saturated heterocycles. The molecule has 0 saturated carbocycles. The van der Waals surface area contributed by atoms with Crippen molar-refractivity contribution in [3.05, 3.63) is 59.7 Å². The van der Waals surface area contributed by atoms with Crippen LogP contribution in [0.2, 0.25) is 0 Å². The standard InChI is InChI=1S/C23H34N2O2/c1-5-25(20-10-8-9-19(4)15-20)14-13-24-16-21(26)17-27-23-12-7-6-11-22(23)18(2)3/h6-12,15,18,21,24,26H,5,13-14,16-17H2,1-4H3/t21-/m0/s1. The number of aryl methyl sites for hydroxylation is 1. The molecule has 148 valence electrons. The second-order valence-electron chi connectivity index (χ2n) is 7.28. The van der Waals surface area contributed by atoms with Crippen molar-refractivity contribution in [2.75, 3.05) is 37.7 Å². The van der Waals surface area contributed by atoms with Gasteiger partial charge in [0, 0.05) is 31.9 Å². The molecule has 2 aromatic rings. The molecule has 0 aliphatic heterocycles. The zero-order valence-corrected chi connectivity index (χ0v) is 17.1. The van der Waals surface area contributed by atoms with Gasteiger partial charge in [0.1, 0.15) is 18.5 Å². The van der Waals surface area contributed by atoms with E-state index in [1.165, 1.54) is 16.8 Å². The van der Waals surface area contributed by atoms with Gasteiger partial charge in [0.15, 0.2) is 0 Å². The van der Waals surface area contributed by atoms with Crippen LogP contribution in [-0.4, -0.2) is 44.0 Å². The number of anilines is 1. The monoisotopic (exact) mass is 370 g/mol. The van der Waals surface area contributed by atoms with Crippen molar-refractivity contribution >= 4 is 5.69 Å². The second-order valence-corrected chi connectivity index (χ2v) is 7.28. The zero-order chi connectivity index (χ0) is 19.6. The van der Waals surface area contributed by atoms with Crippen molar-refractivity contribution in [3.63, 3.8) is 0 Å². The Labute approximate surface area is 164 Å². The van der Waals surface area contributed by atoms with E-state index in [0.717, 1.165) is 25.4 Å². The van der Waals surface area contributed by atoms with Crippen molar-refractivity contribution in [1.29, 1.82) is 0 Å². The van der Waals surface area contributed by atoms with Gasteiger partial charge in [0.2, 0.25) is 0 Å². The molecule has 0 heterocycles. The molecule has 0 aromatic heterocycles. The van der Waals surface area contributed by atoms with Gasteiger partial charge in [0.25, 0.3) is 0 Å². The van der Waals surface area contributed by atoms with E-state index in [0.29, 0.717) is 19.1 Å². The maximum Gasteiger partial charge on any atom is 0.122 e. The maximum atomic E-state index is 10.2. The maximum absolute atomic E-state index is 10.2. The summed E-state index contributed by atoms with van der Waals surface area (Å²) in [5, 5.41) is 13.6. The Morgan fingerprint density at radius 2 is 1.89 bits per heavy atom. The lowest BCUT2D eigenvalue weighted by atomic mass is 10.0. The largest absolute Gasteiger partial charge is 0.491 e. The van der Waals surface area contributed by atoms with E-state index in [9.17, 15) is 5.11 Å². The summed E-state index contributed by atoms with van der Waals surface area (Å²) < 4.78 is 5.84. The zero-order valence-electron chi connectivity index (χ0n) is 17.1. The van der Waals surface area contributed by atoms with Crippen LogP contribution in [0.25, 0.3) is 0 Å². The lowest BCUT2D eigenvalue weighted by Crippen LogP contribution is -2.37. The summed E-state index contributed by atoms with van der Waals surface area (Å²) >= 11 is 0. The first-order valence-electron chi connectivity index (χ1n) is 9.93. The number of ether oxygens (including phenoxy) is 1. The molecule has 0 fully saturated rings. The van der Waals surface area contributed by atoms with Crippen LogP contribution in [0.3, 0.4) is 0 Å². The van der Waals surface area contributed by atoms with Crippen LogP contribution in [-0.2, 0) is 0 Å². The van der Waals surface area contributed by atoms with Crippen molar-refractivity contribution < 1.29 is 9.84 Å². The number of aliphatic hydroxyl groups is 1. The molecule has 27 heavy (non-hydrogen) atoms. The molecule has 2 aromatic carbocycles. The molecule has 0 aliphatic rings. The summed E-state index contributed by atoms with van der Waals surface area (Å²) in [5.74, 6) is 1.27. The van der Waals surface area contributed by atoms with Gasteiger partial charge in [-0.2, -0.15) is 0 Å². The molecular formula is C23H34N2O2. The summed E-state index contributed by atoms with van der Waals surface area (Å²) in [6.45, 7) is 12.1. The number of likely N-dealkylation sites (N-methyl/N-ethyl adjacent to an activating group) is 1. The Kier molecular flexibility index (Phi) is 8.62. The SMILES string of the molecule is CCN(CCNC[C@H](O)COc1ccccc1C(C)C)c1cccc(C)c1. The van der Waals surface area contributed by atoms with Gasteiger partial charge in [-0.25, -0.2) is 0 Å². The highest BCUT2D eigenvalue weighted by molar-refractivity contribution is 5.48. The number of benzene rings is 2. The number of nitrogens with one attached hydrogen (secondary N) is 1. The van der Waals surface area contributed by atoms with Crippen LogP contribution in [0, 0.1) is 6.92 Å². The minimum Gasteiger partial charge on any atom is -0.491 e. The van der Waals surface area contributed by atoms with Gasteiger partial charge in [-0.1, -0.05) is 44.2 Å². The third kappa shape index (κ3) is 6.89. The topological polar surface area (TPSA) is 44.7 Å². The molecule has 1 atom stereocenters. The Balaban J connectivity index is 1.72. The smallest absolute Gasteiger partial charge is 0.122 e. The Bertz CT molecular complexity index is 688. The van der Waals surface area contributed by atoms with E-state index in [-0.39, 0.29) is 0 Å². The van der Waals surface area contributed by atoms with E-state index >= 15 is 0 Å². The minimum atomic E-state index is -0.528. The van der Waals surface area contributed by atoms with Gasteiger partial charge in [-0.3, -0.25) is 0 Å². The fourth-order valence-corrected chi connectivity index (χ4v) is 3.11. The number of rotatable bonds is 11. The summed E-state index contributed by atoms with van der Waals surface area (Å²) in [5.41, 5.74) is 3.69. The average molecular weight is 371 g/mol. The predicted octanol–water partition coefficient (Wildman–Crippen LogP) is 3.97. The molecule has 0 aliphatic carbocycles. The van der Waals surface area contributed by atoms with Gasteiger partial charge in [0.05, 0.1) is 0 Å². The average Bonchev–Trinajstić information content (AvgIpc) is 2.66. The Hall–Kier alpha value is -2.04. The third-order valence-corrected chi connectivity index (χ3v) is 4.66. The first-order chi connectivity index (χ1) is 13.0. The van der Waals surface area contributed by atoms with E-state index in [1.54, 1.807) is 0 Å². The number of hydrogen-bond acceptors (Lipinski definition) is 4. The highest BCUT2D eigenvalue weighted by Crippen LogP contribution is 2.25. The van der Waals surface area contributed by atoms with Crippen LogP contribution in [0.4, 0.5) is 5.69 Å². The first-order valence-corrected chi connectivity index (χ1v) is 9.93. The summed E-state index contributed by atoms with van der Waals surface area (Å²) in [7, 11) is 0. The van der Waals surface area contributed by atoms with Gasteiger partial charge < -0.3 is 20.1 Å². The normalized spacial score (nSPS) is 12.2. The molecule has 0 radical (unpaired) electrons. The lowest BCUT2D eigenvalue weighted by Gasteiger charge is -2.24. The molecule has 2 rings (SSSR count). The number of aliphatic hydroxyl groups excluding tert-OH is 1. The third-order valence-electron chi connectivity index (χ3n) is 4.66. The number of para-hydroxylation sites is 1. The Morgan fingerprint density at radius 3 is 2.59 bits per heavy atom. The number of hydrogen-bond donors (Lipinski definition) is 2. The molecular weight excluding hydrogens is 336 g/mol. The van der Waals surface area contributed by atoms with E-state index < -0.39 is 6.10 Å². The minimum absolute atomic E-state index is 0.298. The van der Waals surface area contributed by atoms with Gasteiger partial charge in [-0.05, 0) is 49.1 Å². The van der Waals surface area contributed by atoms with E-state index in [4.69, 9.17) is 4.74 Å². The summed E-state index contributed by atoms with van der Waals surface area (Å²) in [4.78, 5) is 2.34. The fourth-order valence-electron chi connectivity index (χ4n) is 3.11. The van der Waals surface area contributed by atoms with Crippen molar-refractivity contribution in [3.8, 4) is 5.75 Å². The molecule has 0 amide bonds. The molecule has 4 nitrogen and oxygen atoms in total. The van der Waals surface area contributed by atoms with Crippen molar-refractivity contribution in [2.24, 2.45) is 0 Å². The molecule has 2 N–H and O–H groups in total. The van der Waals surface area contributed by atoms with Gasteiger partial charge in [-0.15, -0.1) is 0 Å². The first kappa shape index (κ1) is 21.3. The van der Waals surface area contributed by atoms with Crippen LogP contribution in [0.1, 0.15) is 37.8 Å². The number of nitrogens with zero attached hydrogens (tertiary/aromatic N) is 1. The fraction of sp³-hybridized carbons (Fsp3) is 0.478. The lowest BCUT2D eigenvalue weighted by molar-refractivity contribution is 0.106. The van der Waals surface area contributed by atoms with Crippen LogP contribution in [0.5, 0.6) is 5.75 Å². The highest BCUT2D eigenvalue weighted by atomic mass is 16.5. The summed E-state index contributed by atoms with van der Waals surface area (Å²) in [6.07, 6.45) is -0.528. The molecule has 0 unspecified atom stereocenters. The van der Waals surface area contributed by atoms with Crippen LogP contribution < -0.4 is 15.0 Å². The Morgan fingerprint density at radius 1 is 1.11 bits per heavy atom. The molecule has 4 heteroatoms. The van der Waals surface area contributed by atoms with Gasteiger partial charge >= 0.3 is 0 Å².